The molecule has 0 aliphatic carbocycles. The van der Waals surface area contributed by atoms with Crippen molar-refractivity contribution in [3.8, 4) is 12.1 Å². The molecule has 2 aromatic rings. The average molecular weight is 479 g/mol. The number of nitriles is 1. The number of imide groups is 1. The second-order valence-electron chi connectivity index (χ2n) is 8.76. The zero-order valence-electron chi connectivity index (χ0n) is 18.8. The Hall–Kier alpha value is -3.45. The van der Waals surface area contributed by atoms with Gasteiger partial charge in [-0.25, -0.2) is 23.9 Å². The van der Waals surface area contributed by atoms with Crippen LogP contribution >= 0.6 is 11.6 Å². The molecule has 0 radical (unpaired) electrons. The first-order chi connectivity index (χ1) is 15.2. The minimum Gasteiger partial charge on any atom is -0.465 e. The number of hydrogen-bond acceptors (Lipinski definition) is 7. The van der Waals surface area contributed by atoms with Crippen molar-refractivity contribution in [3.05, 3.63) is 52.1 Å². The van der Waals surface area contributed by atoms with Gasteiger partial charge in [0.15, 0.2) is 0 Å². The van der Waals surface area contributed by atoms with Crippen molar-refractivity contribution < 1.29 is 28.6 Å². The molecule has 0 saturated heterocycles. The van der Waals surface area contributed by atoms with Gasteiger partial charge in [-0.05, 0) is 52.8 Å². The summed E-state index contributed by atoms with van der Waals surface area (Å²) in [6.45, 7) is 7.73. The molecular weight excluding hydrogens is 455 g/mol. The van der Waals surface area contributed by atoms with Crippen LogP contribution in [0.15, 0.2) is 24.3 Å². The van der Waals surface area contributed by atoms with Gasteiger partial charge in [-0.2, -0.15) is 10.2 Å². The Bertz CT molecular complexity index is 1100. The van der Waals surface area contributed by atoms with Crippen LogP contribution in [-0.4, -0.2) is 43.3 Å². The summed E-state index contributed by atoms with van der Waals surface area (Å²) in [5.74, 6) is -0.619. The number of ether oxygens (including phenoxy) is 2. The lowest BCUT2D eigenvalue weighted by atomic mass is 9.96. The van der Waals surface area contributed by atoms with E-state index in [2.05, 4.69) is 9.97 Å². The van der Waals surface area contributed by atoms with Crippen molar-refractivity contribution >= 4 is 23.8 Å². The van der Waals surface area contributed by atoms with Gasteiger partial charge in [0.25, 0.3) is 0 Å². The molecule has 1 aromatic carbocycles. The van der Waals surface area contributed by atoms with Crippen LogP contribution < -0.4 is 4.74 Å². The van der Waals surface area contributed by atoms with Gasteiger partial charge in [0.1, 0.15) is 23.2 Å². The maximum Gasteiger partial charge on any atom is 0.420 e. The van der Waals surface area contributed by atoms with E-state index in [1.165, 1.54) is 32.0 Å². The highest BCUT2D eigenvalue weighted by Crippen LogP contribution is 2.25. The Morgan fingerprint density at radius 1 is 1.21 bits per heavy atom. The fourth-order valence-corrected chi connectivity index (χ4v) is 3.08. The summed E-state index contributed by atoms with van der Waals surface area (Å²) < 4.78 is 24.7. The normalized spacial score (nSPS) is 11.5. The first-order valence-corrected chi connectivity index (χ1v) is 10.2. The third kappa shape index (κ3) is 7.29. The molecule has 9 nitrogen and oxygen atoms in total. The van der Waals surface area contributed by atoms with E-state index < -0.39 is 29.1 Å². The first-order valence-electron chi connectivity index (χ1n) is 9.83. The Balaban J connectivity index is 2.22. The fraction of sp³-hybridized carbons (Fsp3) is 0.409. The summed E-state index contributed by atoms with van der Waals surface area (Å²) in [4.78, 5) is 33.0. The molecule has 1 aromatic heterocycles. The van der Waals surface area contributed by atoms with E-state index in [1.54, 1.807) is 20.8 Å². The molecular formula is C22H24ClFN4O5. The third-order valence-corrected chi connectivity index (χ3v) is 4.45. The van der Waals surface area contributed by atoms with Crippen LogP contribution in [0, 0.1) is 17.1 Å². The molecule has 2 amide bonds. The van der Waals surface area contributed by atoms with Crippen LogP contribution in [0.5, 0.6) is 6.01 Å². The minimum atomic E-state index is -1.48. The second-order valence-corrected chi connectivity index (χ2v) is 9.15. The van der Waals surface area contributed by atoms with E-state index in [4.69, 9.17) is 26.3 Å². The second kappa shape index (κ2) is 10.0. The highest BCUT2D eigenvalue weighted by molar-refractivity contribution is 6.29. The van der Waals surface area contributed by atoms with Gasteiger partial charge in [-0.15, -0.1) is 0 Å². The lowest BCUT2D eigenvalue weighted by molar-refractivity contribution is 0.00784. The highest BCUT2D eigenvalue weighted by Gasteiger charge is 2.39. The third-order valence-electron chi connectivity index (χ3n) is 4.25. The standard InChI is InChI=1S/C22H24ClFN4O5/c1-21(2,3)33-20(31)28(19(29)30)22(4,5)10-15-9-17(23)27-18(26-15)32-12-14-7-6-13(11-25)8-16(14)24/h6-9H,10,12H2,1-5H3,(H,29,30). The van der Waals surface area contributed by atoms with Crippen molar-refractivity contribution in [3.63, 3.8) is 0 Å². The first kappa shape index (κ1) is 25.8. The molecule has 0 aliphatic rings. The SMILES string of the molecule is CC(C)(C)OC(=O)N(C(=O)O)C(C)(C)Cc1cc(Cl)nc(OCc2ccc(C#N)cc2F)n1. The van der Waals surface area contributed by atoms with Crippen LogP contribution in [0.4, 0.5) is 14.0 Å². The van der Waals surface area contributed by atoms with Crippen LogP contribution in [0.2, 0.25) is 5.15 Å². The van der Waals surface area contributed by atoms with Crippen molar-refractivity contribution in [1.29, 1.82) is 5.26 Å². The Morgan fingerprint density at radius 2 is 1.88 bits per heavy atom. The molecule has 11 heteroatoms. The fourth-order valence-electron chi connectivity index (χ4n) is 2.89. The van der Waals surface area contributed by atoms with Crippen molar-refractivity contribution in [2.24, 2.45) is 0 Å². The molecule has 0 spiro atoms. The van der Waals surface area contributed by atoms with Gasteiger partial charge in [0, 0.05) is 12.0 Å². The molecule has 0 bridgehead atoms. The summed E-state index contributed by atoms with van der Waals surface area (Å²) in [6.07, 6.45) is -2.53. The maximum atomic E-state index is 14.1. The molecule has 0 fully saturated rings. The van der Waals surface area contributed by atoms with Crippen molar-refractivity contribution in [1.82, 2.24) is 14.9 Å². The van der Waals surface area contributed by atoms with Gasteiger partial charge in [0.05, 0.1) is 22.9 Å². The highest BCUT2D eigenvalue weighted by atomic mass is 35.5. The minimum absolute atomic E-state index is 0.0187. The smallest absolute Gasteiger partial charge is 0.420 e. The molecule has 176 valence electrons. The lowest BCUT2D eigenvalue weighted by Crippen LogP contribution is -2.53. The predicted molar refractivity (Wildman–Crippen MR) is 116 cm³/mol. The summed E-state index contributed by atoms with van der Waals surface area (Å²) in [6, 6.07) is 7.04. The number of carboxylic acid groups (broad SMARTS) is 1. The number of carbonyl (C=O) groups excluding carboxylic acids is 1. The average Bonchev–Trinajstić information content (AvgIpc) is 2.63. The number of amides is 2. The number of benzene rings is 1. The largest absolute Gasteiger partial charge is 0.465 e. The monoisotopic (exact) mass is 478 g/mol. The zero-order chi connectivity index (χ0) is 25.0. The Kier molecular flexibility index (Phi) is 7.82. The molecule has 0 aliphatic heterocycles. The zero-order valence-corrected chi connectivity index (χ0v) is 19.6. The number of rotatable bonds is 6. The quantitative estimate of drug-likeness (QED) is 0.577. The van der Waals surface area contributed by atoms with Gasteiger partial charge in [-0.3, -0.25) is 0 Å². The maximum absolute atomic E-state index is 14.1. The van der Waals surface area contributed by atoms with Crippen LogP contribution in [-0.2, 0) is 17.8 Å². The van der Waals surface area contributed by atoms with Gasteiger partial charge < -0.3 is 14.6 Å². The Labute approximate surface area is 195 Å². The molecule has 0 unspecified atom stereocenters. The number of nitrogens with zero attached hydrogens (tertiary/aromatic N) is 4. The number of halogens is 2. The van der Waals surface area contributed by atoms with Gasteiger partial charge in [-0.1, -0.05) is 17.7 Å². The number of aromatic nitrogens is 2. The topological polar surface area (TPSA) is 126 Å². The summed E-state index contributed by atoms with van der Waals surface area (Å²) in [5, 5.41) is 18.5. The van der Waals surface area contributed by atoms with E-state index in [0.717, 1.165) is 6.07 Å². The van der Waals surface area contributed by atoms with Crippen molar-refractivity contribution in [2.45, 2.75) is 58.8 Å². The summed E-state index contributed by atoms with van der Waals surface area (Å²) >= 11 is 6.06. The molecule has 0 saturated carbocycles. The van der Waals surface area contributed by atoms with E-state index in [1.807, 2.05) is 6.07 Å². The molecule has 2 rings (SSSR count). The molecule has 33 heavy (non-hydrogen) atoms. The van der Waals surface area contributed by atoms with E-state index >= 15 is 0 Å². The van der Waals surface area contributed by atoms with Crippen LogP contribution in [0.1, 0.15) is 51.4 Å². The number of carbonyl (C=O) groups is 2. The van der Waals surface area contributed by atoms with E-state index in [-0.39, 0.29) is 35.3 Å². The summed E-state index contributed by atoms with van der Waals surface area (Å²) in [5.41, 5.74) is -1.50. The predicted octanol–water partition coefficient (Wildman–Crippen LogP) is 4.96. The number of hydrogen-bond donors (Lipinski definition) is 1. The van der Waals surface area contributed by atoms with Crippen LogP contribution in [0.3, 0.4) is 0 Å². The molecule has 0 atom stereocenters. The van der Waals surface area contributed by atoms with E-state index in [9.17, 15) is 19.1 Å². The lowest BCUT2D eigenvalue weighted by Gasteiger charge is -2.35. The molecule has 1 heterocycles. The summed E-state index contributed by atoms with van der Waals surface area (Å²) in [7, 11) is 0. The van der Waals surface area contributed by atoms with Gasteiger partial charge in [0.2, 0.25) is 0 Å². The van der Waals surface area contributed by atoms with Gasteiger partial charge >= 0.3 is 18.2 Å². The van der Waals surface area contributed by atoms with Crippen molar-refractivity contribution in [2.75, 3.05) is 0 Å². The van der Waals surface area contributed by atoms with E-state index in [0.29, 0.717) is 10.6 Å². The Morgan fingerprint density at radius 3 is 2.42 bits per heavy atom. The van der Waals surface area contributed by atoms with Crippen LogP contribution in [0.25, 0.3) is 0 Å². The molecule has 1 N–H and O–H groups in total.